The average molecular weight is 820 g/mol. The monoisotopic (exact) mass is 819 g/mol. The predicted octanol–water partition coefficient (Wildman–Crippen LogP) is 3.66. The number of halogens is 1. The van der Waals surface area contributed by atoms with E-state index in [0.717, 1.165) is 15.4 Å². The zero-order valence-corrected chi connectivity index (χ0v) is 32.6. The normalized spacial score (nSPS) is 17.1. The number of hydrogen-bond donors (Lipinski definition) is 2. The number of rotatable bonds is 12. The minimum absolute atomic E-state index is 0.00699. The van der Waals surface area contributed by atoms with Crippen molar-refractivity contribution in [3.05, 3.63) is 95.4 Å². The van der Waals surface area contributed by atoms with Gasteiger partial charge in [-0.15, -0.1) is 0 Å². The third-order valence-corrected chi connectivity index (χ3v) is 10.3. The zero-order valence-electron chi connectivity index (χ0n) is 31.7. The fourth-order valence-corrected chi connectivity index (χ4v) is 7.47. The van der Waals surface area contributed by atoms with Crippen molar-refractivity contribution < 1.29 is 47.4 Å². The summed E-state index contributed by atoms with van der Waals surface area (Å²) in [6.07, 6.45) is 1.61. The Balaban J connectivity index is 0.894. The van der Waals surface area contributed by atoms with E-state index in [9.17, 15) is 34.0 Å². The number of aromatic nitrogens is 1. The number of methoxy groups -OCH3 is 1. The number of nitrogens with one attached hydrogen (secondary N) is 2. The molecule has 0 radical (unpaired) electrons. The summed E-state index contributed by atoms with van der Waals surface area (Å²) in [7, 11) is 1.24. The van der Waals surface area contributed by atoms with Gasteiger partial charge in [0.1, 0.15) is 35.8 Å². The van der Waals surface area contributed by atoms with E-state index in [1.807, 2.05) is 6.07 Å². The highest BCUT2D eigenvalue weighted by Crippen LogP contribution is 2.40. The molecule has 4 heterocycles. The summed E-state index contributed by atoms with van der Waals surface area (Å²) in [5, 5.41) is 14.2. The number of benzene rings is 3. The van der Waals surface area contributed by atoms with Crippen molar-refractivity contribution in [2.45, 2.75) is 38.3 Å². The number of imide groups is 2. The Bertz CT molecular complexity index is 2490. The summed E-state index contributed by atoms with van der Waals surface area (Å²) in [4.78, 5) is 83.9. The van der Waals surface area contributed by atoms with Crippen LogP contribution in [0.25, 0.3) is 11.3 Å². The van der Waals surface area contributed by atoms with Gasteiger partial charge >= 0.3 is 0 Å². The second kappa shape index (κ2) is 15.9. The Labute approximate surface area is 341 Å². The molecule has 59 heavy (non-hydrogen) atoms. The molecule has 2 fully saturated rings. The maximum Gasteiger partial charge on any atom is 0.262 e. The Morgan fingerprint density at radius 1 is 1.00 bits per heavy atom. The fourth-order valence-electron chi connectivity index (χ4n) is 6.96. The molecule has 2 N–H and O–H groups in total. The van der Waals surface area contributed by atoms with Crippen LogP contribution in [0.3, 0.4) is 0 Å². The zero-order chi connectivity index (χ0) is 42.2. The second-order valence-electron chi connectivity index (χ2n) is 14.0. The van der Waals surface area contributed by atoms with E-state index in [0.29, 0.717) is 17.1 Å². The molecule has 0 bridgehead atoms. The van der Waals surface area contributed by atoms with Gasteiger partial charge in [0, 0.05) is 12.0 Å². The number of thiocarbonyl (C=S) groups is 1. The van der Waals surface area contributed by atoms with Crippen LogP contribution in [0.5, 0.6) is 17.2 Å². The Kier molecular flexibility index (Phi) is 10.8. The first-order valence-corrected chi connectivity index (χ1v) is 18.6. The molecule has 1 unspecified atom stereocenters. The molecule has 4 aromatic rings. The topological polar surface area (TPSA) is 201 Å². The van der Waals surface area contributed by atoms with Crippen LogP contribution >= 0.6 is 12.2 Å². The first kappa shape index (κ1) is 40.0. The van der Waals surface area contributed by atoms with Crippen molar-refractivity contribution in [3.8, 4) is 34.6 Å². The van der Waals surface area contributed by atoms with Crippen LogP contribution in [-0.2, 0) is 19.2 Å². The molecule has 1 aromatic heterocycles. The maximum atomic E-state index is 15.5. The summed E-state index contributed by atoms with van der Waals surface area (Å²) < 4.78 is 31.9. The minimum Gasteiger partial charge on any atom is -0.492 e. The number of hydrogen-bond acceptors (Lipinski definition) is 12. The van der Waals surface area contributed by atoms with E-state index in [2.05, 4.69) is 15.6 Å². The van der Waals surface area contributed by atoms with Crippen molar-refractivity contribution >= 4 is 64.1 Å². The van der Waals surface area contributed by atoms with Gasteiger partial charge in [-0.2, -0.15) is 5.26 Å². The number of fused-ring (bicyclic) bond motifs is 1. The van der Waals surface area contributed by atoms with Gasteiger partial charge in [0.25, 0.3) is 23.6 Å². The standard InChI is InChI=1S/C41H34FN7O9S/c1-41(2)39(55)48(30-13-6-23(19-43)35(56-3)34(30)42)40(59)49(41)24-7-12-29(45-20-24)22-4-8-25(9-5-22)57-17-16-44-33(51)21-58-26-10-11-27-28(18-26)38(54)47(37(27)53)31-14-15-32(50)46-36(31)52/h4-13,18,20,31H,14-17,21H2,1-3H3,(H,44,51)(H,46,50,52). The highest BCUT2D eigenvalue weighted by Gasteiger charge is 2.51. The molecule has 7 rings (SSSR count). The van der Waals surface area contributed by atoms with Crippen LogP contribution in [-0.4, -0.2) is 88.9 Å². The lowest BCUT2D eigenvalue weighted by molar-refractivity contribution is -0.136. The molecule has 0 saturated carbocycles. The van der Waals surface area contributed by atoms with Gasteiger partial charge in [-0.25, -0.2) is 4.39 Å². The summed E-state index contributed by atoms with van der Waals surface area (Å²) in [5.41, 5.74) is 0.668. The van der Waals surface area contributed by atoms with Crippen molar-refractivity contribution in [2.24, 2.45) is 0 Å². The van der Waals surface area contributed by atoms with E-state index in [-0.39, 0.29) is 71.6 Å². The van der Waals surface area contributed by atoms with Gasteiger partial charge in [0.05, 0.1) is 53.6 Å². The number of carbonyl (C=O) groups is 6. The second-order valence-corrected chi connectivity index (χ2v) is 14.3. The van der Waals surface area contributed by atoms with Crippen LogP contribution in [0.4, 0.5) is 15.8 Å². The lowest BCUT2D eigenvalue weighted by Crippen LogP contribution is -2.54. The van der Waals surface area contributed by atoms with Crippen LogP contribution in [0.2, 0.25) is 0 Å². The number of pyridine rings is 1. The molecule has 3 aromatic carbocycles. The number of piperidine rings is 1. The first-order valence-electron chi connectivity index (χ1n) is 18.1. The minimum atomic E-state index is -1.20. The number of carbonyl (C=O) groups excluding carboxylic acids is 6. The largest absolute Gasteiger partial charge is 0.492 e. The Morgan fingerprint density at radius 2 is 1.73 bits per heavy atom. The molecule has 6 amide bonds. The van der Waals surface area contributed by atoms with Gasteiger partial charge in [0.15, 0.2) is 23.3 Å². The molecular weight excluding hydrogens is 786 g/mol. The van der Waals surface area contributed by atoms with E-state index >= 15 is 4.39 Å². The number of anilines is 2. The SMILES string of the molecule is COc1c(C#N)ccc(N2C(=O)C(C)(C)N(c3ccc(-c4ccc(OCCNC(=O)COc5ccc6c(c5)C(=O)N(C5CCC(=O)NC5=O)C6=O)cc4)nc3)C2=S)c1F. The van der Waals surface area contributed by atoms with Crippen molar-refractivity contribution in [3.63, 3.8) is 0 Å². The molecule has 3 aliphatic heterocycles. The lowest BCUT2D eigenvalue weighted by Gasteiger charge is -2.29. The van der Waals surface area contributed by atoms with E-state index in [1.54, 1.807) is 61.3 Å². The molecule has 3 aliphatic rings. The number of nitrogens with zero attached hydrogens (tertiary/aromatic N) is 5. The van der Waals surface area contributed by atoms with Crippen molar-refractivity contribution in [1.29, 1.82) is 5.26 Å². The number of amides is 6. The summed E-state index contributed by atoms with van der Waals surface area (Å²) in [6.45, 7) is 3.26. The molecule has 18 heteroatoms. The molecule has 2 saturated heterocycles. The van der Waals surface area contributed by atoms with Gasteiger partial charge < -0.3 is 24.4 Å². The van der Waals surface area contributed by atoms with Gasteiger partial charge in [-0.1, -0.05) is 0 Å². The quantitative estimate of drug-likeness (QED) is 0.119. The van der Waals surface area contributed by atoms with Crippen molar-refractivity contribution in [1.82, 2.24) is 20.5 Å². The summed E-state index contributed by atoms with van der Waals surface area (Å²) in [6, 6.07) is 18.2. The van der Waals surface area contributed by atoms with E-state index < -0.39 is 52.8 Å². The molecule has 0 aliphatic carbocycles. The molecular formula is C41H34FN7O9S. The third-order valence-electron chi connectivity index (χ3n) is 9.94. The van der Waals surface area contributed by atoms with E-state index in [4.69, 9.17) is 26.4 Å². The third kappa shape index (κ3) is 7.39. The average Bonchev–Trinajstić information content (AvgIpc) is 3.57. The van der Waals surface area contributed by atoms with E-state index in [1.165, 1.54) is 37.4 Å². The highest BCUT2D eigenvalue weighted by molar-refractivity contribution is 7.81. The maximum absolute atomic E-state index is 15.5. The van der Waals surface area contributed by atoms with Crippen LogP contribution in [0.1, 0.15) is 53.0 Å². The summed E-state index contributed by atoms with van der Waals surface area (Å²) in [5.74, 6) is -3.89. The highest BCUT2D eigenvalue weighted by atomic mass is 32.1. The number of ether oxygens (including phenoxy) is 3. The smallest absolute Gasteiger partial charge is 0.262 e. The Hall–Kier alpha value is -7.26. The van der Waals surface area contributed by atoms with Crippen LogP contribution in [0, 0.1) is 17.1 Å². The van der Waals surface area contributed by atoms with Crippen LogP contribution < -0.4 is 34.6 Å². The fraction of sp³-hybridized carbons (Fsp3) is 0.244. The molecule has 300 valence electrons. The molecule has 1 atom stereocenters. The predicted molar refractivity (Wildman–Crippen MR) is 211 cm³/mol. The Morgan fingerprint density at radius 3 is 2.41 bits per heavy atom. The molecule has 16 nitrogen and oxygen atoms in total. The lowest BCUT2D eigenvalue weighted by atomic mass is 10.0. The first-order chi connectivity index (χ1) is 28.2. The van der Waals surface area contributed by atoms with Gasteiger partial charge in [-0.05, 0) is 99.2 Å². The van der Waals surface area contributed by atoms with Crippen molar-refractivity contribution in [2.75, 3.05) is 36.7 Å². The summed E-state index contributed by atoms with van der Waals surface area (Å²) >= 11 is 5.68. The van der Waals surface area contributed by atoms with Crippen LogP contribution in [0.15, 0.2) is 72.9 Å². The van der Waals surface area contributed by atoms with Gasteiger partial charge in [0.2, 0.25) is 11.8 Å². The van der Waals surface area contributed by atoms with Gasteiger partial charge in [-0.3, -0.25) is 48.9 Å². The number of nitriles is 1. The molecule has 0 spiro atoms.